The lowest BCUT2D eigenvalue weighted by molar-refractivity contribution is 0.417. The summed E-state index contributed by atoms with van der Waals surface area (Å²) < 4.78 is 5.34. The van der Waals surface area contributed by atoms with Crippen LogP contribution < -0.4 is 10.1 Å². The van der Waals surface area contributed by atoms with E-state index in [0.29, 0.717) is 11.3 Å². The maximum atomic E-state index is 8.92. The summed E-state index contributed by atoms with van der Waals surface area (Å²) in [4.78, 5) is 4.88. The second kappa shape index (κ2) is 5.37. The number of amidine groups is 1. The molecular weight excluding hydrogens is 270 g/mol. The Morgan fingerprint density at radius 2 is 2.20 bits per heavy atom. The van der Waals surface area contributed by atoms with Gasteiger partial charge in [-0.3, -0.25) is 4.99 Å². The Hall–Kier alpha value is -1.67. The topological polar surface area (TPSA) is 57.4 Å². The lowest BCUT2D eigenvalue weighted by atomic mass is 10.0. The maximum absolute atomic E-state index is 8.92. The van der Waals surface area contributed by atoms with Gasteiger partial charge in [-0.25, -0.2) is 0 Å². The number of nitriles is 1. The molecule has 0 saturated heterocycles. The Morgan fingerprint density at radius 3 is 2.90 bits per heavy atom. The number of nitrogens with one attached hydrogen (secondary N) is 1. The fraction of sp³-hybridized carbons (Fsp3) is 0.467. The quantitative estimate of drug-likeness (QED) is 0.905. The Labute approximate surface area is 123 Å². The zero-order valence-electron chi connectivity index (χ0n) is 11.5. The van der Waals surface area contributed by atoms with E-state index < -0.39 is 0 Å². The number of hydrogen-bond acceptors (Lipinski definition) is 5. The summed E-state index contributed by atoms with van der Waals surface area (Å²) in [6.45, 7) is 0. The summed E-state index contributed by atoms with van der Waals surface area (Å²) in [6, 6.07) is 7.53. The van der Waals surface area contributed by atoms with Crippen molar-refractivity contribution in [2.24, 2.45) is 4.99 Å². The summed E-state index contributed by atoms with van der Waals surface area (Å²) in [6.07, 6.45) is 4.99. The SMILES string of the molecule is COc1cc(C#N)ccc1NC1=NC2(CCCC2)CS1. The molecule has 3 rings (SSSR count). The molecule has 1 heterocycles. The van der Waals surface area contributed by atoms with E-state index in [1.165, 1.54) is 25.7 Å². The molecule has 0 aromatic heterocycles. The van der Waals surface area contributed by atoms with Gasteiger partial charge in [0.25, 0.3) is 0 Å². The van der Waals surface area contributed by atoms with E-state index in [4.69, 9.17) is 15.0 Å². The molecule has 0 unspecified atom stereocenters. The Kier molecular flexibility index (Phi) is 3.58. The first-order valence-electron chi connectivity index (χ1n) is 6.82. The van der Waals surface area contributed by atoms with Crippen molar-refractivity contribution in [3.8, 4) is 11.8 Å². The summed E-state index contributed by atoms with van der Waals surface area (Å²) in [5, 5.41) is 13.2. The average molecular weight is 287 g/mol. The van der Waals surface area contributed by atoms with Crippen molar-refractivity contribution >= 4 is 22.6 Å². The number of hydrogen-bond donors (Lipinski definition) is 1. The van der Waals surface area contributed by atoms with Crippen molar-refractivity contribution in [2.75, 3.05) is 18.2 Å². The molecule has 1 fully saturated rings. The summed E-state index contributed by atoms with van der Waals surface area (Å²) in [7, 11) is 1.61. The zero-order valence-corrected chi connectivity index (χ0v) is 12.3. The highest BCUT2D eigenvalue weighted by Gasteiger charge is 2.38. The molecule has 0 amide bonds. The Balaban J connectivity index is 1.80. The molecule has 1 N–H and O–H groups in total. The second-order valence-corrected chi connectivity index (χ2v) is 6.25. The van der Waals surface area contributed by atoms with Gasteiger partial charge in [-0.05, 0) is 25.0 Å². The third-order valence-electron chi connectivity index (χ3n) is 3.92. The van der Waals surface area contributed by atoms with Crippen LogP contribution in [0.2, 0.25) is 0 Å². The molecule has 0 radical (unpaired) electrons. The first kappa shape index (κ1) is 13.3. The minimum Gasteiger partial charge on any atom is -0.495 e. The minimum atomic E-state index is 0.173. The average Bonchev–Trinajstić information content (AvgIpc) is 3.10. The zero-order chi connectivity index (χ0) is 14.0. The van der Waals surface area contributed by atoms with Gasteiger partial charge in [-0.2, -0.15) is 5.26 Å². The van der Waals surface area contributed by atoms with Gasteiger partial charge in [-0.15, -0.1) is 0 Å². The van der Waals surface area contributed by atoms with Crippen LogP contribution in [-0.4, -0.2) is 23.6 Å². The highest BCUT2D eigenvalue weighted by Crippen LogP contribution is 2.41. The molecule has 1 spiro atoms. The van der Waals surface area contributed by atoms with Gasteiger partial charge in [0.05, 0.1) is 30.0 Å². The van der Waals surface area contributed by atoms with Gasteiger partial charge < -0.3 is 10.1 Å². The van der Waals surface area contributed by atoms with Crippen molar-refractivity contribution in [2.45, 2.75) is 31.2 Å². The maximum Gasteiger partial charge on any atom is 0.161 e. The van der Waals surface area contributed by atoms with Crippen molar-refractivity contribution in [3.05, 3.63) is 23.8 Å². The summed E-state index contributed by atoms with van der Waals surface area (Å²) in [5.41, 5.74) is 1.64. The van der Waals surface area contributed by atoms with Gasteiger partial charge in [0.2, 0.25) is 0 Å². The van der Waals surface area contributed by atoms with E-state index in [9.17, 15) is 0 Å². The van der Waals surface area contributed by atoms with Gasteiger partial charge in [0.1, 0.15) is 5.75 Å². The molecule has 0 atom stereocenters. The van der Waals surface area contributed by atoms with Crippen LogP contribution in [0.3, 0.4) is 0 Å². The predicted octanol–water partition coefficient (Wildman–Crippen LogP) is 3.39. The fourth-order valence-electron chi connectivity index (χ4n) is 2.82. The van der Waals surface area contributed by atoms with Crippen LogP contribution in [0, 0.1) is 11.3 Å². The molecule has 20 heavy (non-hydrogen) atoms. The van der Waals surface area contributed by atoms with E-state index in [-0.39, 0.29) is 5.54 Å². The second-order valence-electron chi connectivity index (χ2n) is 5.29. The smallest absolute Gasteiger partial charge is 0.161 e. The van der Waals surface area contributed by atoms with Crippen LogP contribution in [0.25, 0.3) is 0 Å². The van der Waals surface area contributed by atoms with Crippen LogP contribution >= 0.6 is 11.8 Å². The van der Waals surface area contributed by atoms with Crippen molar-refractivity contribution in [1.29, 1.82) is 5.26 Å². The van der Waals surface area contributed by atoms with Gasteiger partial charge in [0, 0.05) is 11.8 Å². The highest BCUT2D eigenvalue weighted by atomic mass is 32.2. The molecule has 2 aliphatic rings. The Morgan fingerprint density at radius 1 is 1.40 bits per heavy atom. The van der Waals surface area contributed by atoms with Crippen molar-refractivity contribution < 1.29 is 4.74 Å². The molecule has 104 valence electrons. The predicted molar refractivity (Wildman–Crippen MR) is 82.4 cm³/mol. The standard InChI is InChI=1S/C15H17N3OS/c1-19-13-8-11(9-16)4-5-12(13)17-14-18-15(10-20-14)6-2-3-7-15/h4-5,8H,2-3,6-7,10H2,1H3,(H,17,18). The molecule has 1 aromatic carbocycles. The number of aliphatic imine (C=N–C) groups is 1. The first-order valence-corrected chi connectivity index (χ1v) is 7.81. The minimum absolute atomic E-state index is 0.173. The molecule has 5 heteroatoms. The van der Waals surface area contributed by atoms with Crippen molar-refractivity contribution in [1.82, 2.24) is 0 Å². The monoisotopic (exact) mass is 287 g/mol. The summed E-state index contributed by atoms with van der Waals surface area (Å²) >= 11 is 1.78. The lowest BCUT2D eigenvalue weighted by Gasteiger charge is -2.16. The number of ether oxygens (including phenoxy) is 1. The molecule has 1 aliphatic carbocycles. The fourth-order valence-corrected chi connectivity index (χ4v) is 4.01. The van der Waals surface area contributed by atoms with Crippen LogP contribution in [0.15, 0.2) is 23.2 Å². The molecule has 1 aliphatic heterocycles. The number of thioether (sulfide) groups is 1. The van der Waals surface area contributed by atoms with Crippen LogP contribution in [0.5, 0.6) is 5.75 Å². The number of methoxy groups -OCH3 is 1. The van der Waals surface area contributed by atoms with E-state index in [0.717, 1.165) is 16.6 Å². The Bertz CT molecular complexity index is 585. The lowest BCUT2D eigenvalue weighted by Crippen LogP contribution is -2.21. The van der Waals surface area contributed by atoms with E-state index in [2.05, 4.69) is 11.4 Å². The third kappa shape index (κ3) is 2.48. The van der Waals surface area contributed by atoms with E-state index in [1.54, 1.807) is 31.0 Å². The normalized spacial score (nSPS) is 19.7. The molecule has 1 saturated carbocycles. The van der Waals surface area contributed by atoms with E-state index >= 15 is 0 Å². The number of anilines is 1. The first-order chi connectivity index (χ1) is 9.74. The largest absolute Gasteiger partial charge is 0.495 e. The van der Waals surface area contributed by atoms with Gasteiger partial charge >= 0.3 is 0 Å². The molecular formula is C15H17N3OS. The molecule has 0 bridgehead atoms. The highest BCUT2D eigenvalue weighted by molar-refractivity contribution is 8.14. The molecule has 1 aromatic rings. The van der Waals surface area contributed by atoms with Gasteiger partial charge in [0.15, 0.2) is 5.17 Å². The number of benzene rings is 1. The van der Waals surface area contributed by atoms with Crippen LogP contribution in [0.4, 0.5) is 5.69 Å². The van der Waals surface area contributed by atoms with E-state index in [1.807, 2.05) is 6.07 Å². The molecule has 4 nitrogen and oxygen atoms in total. The summed E-state index contributed by atoms with van der Waals surface area (Å²) in [5.74, 6) is 1.76. The van der Waals surface area contributed by atoms with Gasteiger partial charge in [-0.1, -0.05) is 24.6 Å². The number of nitrogens with zero attached hydrogens (tertiary/aromatic N) is 2. The van der Waals surface area contributed by atoms with Crippen LogP contribution in [-0.2, 0) is 0 Å². The van der Waals surface area contributed by atoms with Crippen molar-refractivity contribution in [3.63, 3.8) is 0 Å². The van der Waals surface area contributed by atoms with Crippen LogP contribution in [0.1, 0.15) is 31.2 Å². The number of rotatable bonds is 2. The third-order valence-corrected chi connectivity index (χ3v) is 5.07.